The minimum Gasteiger partial charge on any atom is -0.228 e. The van der Waals surface area contributed by atoms with Gasteiger partial charge < -0.3 is 0 Å². The maximum atomic E-state index is 5.17. The van der Waals surface area contributed by atoms with Gasteiger partial charge in [0.15, 0.2) is 5.82 Å². The fourth-order valence-corrected chi connectivity index (χ4v) is 6.75. The Morgan fingerprint density at radius 1 is 0.283 bits per heavy atom. The van der Waals surface area contributed by atoms with Crippen molar-refractivity contribution < 1.29 is 0 Å². The van der Waals surface area contributed by atoms with Crippen molar-refractivity contribution in [2.24, 2.45) is 0 Å². The lowest BCUT2D eigenvalue weighted by Crippen LogP contribution is -1.96. The molecule has 0 radical (unpaired) electrons. The fraction of sp³-hybridized carbons (Fsp3) is 0. The van der Waals surface area contributed by atoms with Gasteiger partial charge in [0.2, 0.25) is 0 Å². The first-order chi connectivity index (χ1) is 22.8. The summed E-state index contributed by atoms with van der Waals surface area (Å²) in [5.74, 6) is 0.718. The third kappa shape index (κ3) is 4.51. The van der Waals surface area contributed by atoms with Crippen molar-refractivity contribution >= 4 is 43.1 Å². The van der Waals surface area contributed by atoms with E-state index < -0.39 is 0 Å². The number of aromatic nitrogens is 2. The average molecular weight is 585 g/mol. The van der Waals surface area contributed by atoms with Gasteiger partial charge in [-0.05, 0) is 72.4 Å². The number of nitrogens with zero attached hydrogens (tertiary/aromatic N) is 2. The van der Waals surface area contributed by atoms with E-state index in [2.05, 4.69) is 152 Å². The second-order valence-corrected chi connectivity index (χ2v) is 11.8. The second kappa shape index (κ2) is 10.8. The zero-order valence-electron chi connectivity index (χ0n) is 25.1. The highest BCUT2D eigenvalue weighted by Gasteiger charge is 2.14. The molecule has 0 amide bonds. The molecule has 0 bridgehead atoms. The lowest BCUT2D eigenvalue weighted by Gasteiger charge is -2.13. The molecule has 8 aromatic carbocycles. The summed E-state index contributed by atoms with van der Waals surface area (Å²) in [5, 5.41) is 9.89. The molecule has 0 spiro atoms. The Labute approximate surface area is 267 Å². The smallest absolute Gasteiger partial charge is 0.160 e. The summed E-state index contributed by atoms with van der Waals surface area (Å²) in [6.07, 6.45) is 0. The van der Waals surface area contributed by atoms with E-state index in [4.69, 9.17) is 9.97 Å². The minimum absolute atomic E-state index is 0.718. The molecule has 2 nitrogen and oxygen atoms in total. The first-order valence-corrected chi connectivity index (χ1v) is 15.7. The molecule has 0 aliphatic carbocycles. The summed E-state index contributed by atoms with van der Waals surface area (Å²) >= 11 is 0. The van der Waals surface area contributed by atoms with E-state index in [0.717, 1.165) is 33.9 Å². The predicted octanol–water partition coefficient (Wildman–Crippen LogP) is 11.8. The van der Waals surface area contributed by atoms with Gasteiger partial charge >= 0.3 is 0 Å². The molecule has 0 N–H and O–H groups in total. The molecule has 0 atom stereocenters. The highest BCUT2D eigenvalue weighted by atomic mass is 14.9. The van der Waals surface area contributed by atoms with Crippen molar-refractivity contribution in [2.75, 3.05) is 0 Å². The summed E-state index contributed by atoms with van der Waals surface area (Å²) in [6, 6.07) is 60.4. The van der Waals surface area contributed by atoms with Crippen LogP contribution in [-0.4, -0.2) is 9.97 Å². The van der Waals surface area contributed by atoms with E-state index in [1.165, 1.54) is 54.2 Å². The van der Waals surface area contributed by atoms with Crippen LogP contribution in [0.25, 0.3) is 88.1 Å². The van der Waals surface area contributed by atoms with Gasteiger partial charge in [-0.2, -0.15) is 0 Å². The van der Waals surface area contributed by atoms with Gasteiger partial charge in [-0.25, -0.2) is 9.97 Å². The number of hydrogen-bond donors (Lipinski definition) is 0. The molecule has 9 aromatic rings. The van der Waals surface area contributed by atoms with Crippen molar-refractivity contribution in [2.45, 2.75) is 0 Å². The molecule has 214 valence electrons. The third-order valence-electron chi connectivity index (χ3n) is 9.06. The molecule has 9 rings (SSSR count). The number of benzene rings is 8. The first-order valence-electron chi connectivity index (χ1n) is 15.7. The highest BCUT2D eigenvalue weighted by molar-refractivity contribution is 6.15. The molecule has 0 saturated heterocycles. The molecule has 1 heterocycles. The molecular weight excluding hydrogens is 556 g/mol. The molecule has 0 aliphatic rings. The van der Waals surface area contributed by atoms with Crippen LogP contribution in [0.4, 0.5) is 0 Å². The Kier molecular flexibility index (Phi) is 6.17. The van der Waals surface area contributed by atoms with Gasteiger partial charge in [-0.1, -0.05) is 152 Å². The summed E-state index contributed by atoms with van der Waals surface area (Å²) in [5.41, 5.74) is 7.38. The molecule has 0 unspecified atom stereocenters. The number of rotatable bonds is 4. The zero-order valence-corrected chi connectivity index (χ0v) is 25.1. The van der Waals surface area contributed by atoms with Crippen LogP contribution >= 0.6 is 0 Å². The van der Waals surface area contributed by atoms with Crippen molar-refractivity contribution in [1.82, 2.24) is 9.97 Å². The van der Waals surface area contributed by atoms with Crippen LogP contribution in [-0.2, 0) is 0 Å². The normalized spacial score (nSPS) is 11.5. The topological polar surface area (TPSA) is 25.8 Å². The van der Waals surface area contributed by atoms with Gasteiger partial charge in [0.25, 0.3) is 0 Å². The Bertz CT molecular complexity index is 2560. The van der Waals surface area contributed by atoms with E-state index in [0.29, 0.717) is 0 Å². The molecule has 0 aliphatic heterocycles. The summed E-state index contributed by atoms with van der Waals surface area (Å²) < 4.78 is 0. The maximum Gasteiger partial charge on any atom is 0.160 e. The van der Waals surface area contributed by atoms with Crippen LogP contribution in [0.2, 0.25) is 0 Å². The molecule has 0 saturated carbocycles. The molecule has 2 heteroatoms. The first kappa shape index (κ1) is 26.3. The van der Waals surface area contributed by atoms with E-state index >= 15 is 0 Å². The van der Waals surface area contributed by atoms with Crippen molar-refractivity contribution in [1.29, 1.82) is 0 Å². The number of fused-ring (bicyclic) bond motifs is 5. The van der Waals surface area contributed by atoms with Gasteiger partial charge in [-0.15, -0.1) is 0 Å². The van der Waals surface area contributed by atoms with Crippen LogP contribution < -0.4 is 0 Å². The van der Waals surface area contributed by atoms with Gasteiger partial charge in [0.05, 0.1) is 11.4 Å². The Morgan fingerprint density at radius 3 is 1.76 bits per heavy atom. The van der Waals surface area contributed by atoms with E-state index in [-0.39, 0.29) is 0 Å². The standard InChI is InChI=1S/C44H28N2/c1-2-11-32(12-3-1)44-45-42(31-22-20-30(21-23-31)37-17-8-15-29-10-6-7-16-36(29)37)28-43(46-44)40-19-9-18-38-39(40)25-24-35-26-33-13-4-5-14-34(33)27-41(35)38/h1-28H. The highest BCUT2D eigenvalue weighted by Crippen LogP contribution is 2.37. The lowest BCUT2D eigenvalue weighted by atomic mass is 9.94. The van der Waals surface area contributed by atoms with Crippen LogP contribution in [0.5, 0.6) is 0 Å². The third-order valence-corrected chi connectivity index (χ3v) is 9.06. The van der Waals surface area contributed by atoms with Crippen molar-refractivity contribution in [3.63, 3.8) is 0 Å². The SMILES string of the molecule is c1ccc(-c2nc(-c3ccc(-c4cccc5ccccc45)cc3)cc(-c3cccc4c3ccc3cc5ccccc5cc34)n2)cc1. The van der Waals surface area contributed by atoms with Crippen LogP contribution in [0.1, 0.15) is 0 Å². The van der Waals surface area contributed by atoms with E-state index in [9.17, 15) is 0 Å². The van der Waals surface area contributed by atoms with Gasteiger partial charge in [-0.3, -0.25) is 0 Å². The largest absolute Gasteiger partial charge is 0.228 e. The number of hydrogen-bond acceptors (Lipinski definition) is 2. The van der Waals surface area contributed by atoms with Gasteiger partial charge in [0.1, 0.15) is 0 Å². The van der Waals surface area contributed by atoms with E-state index in [1.54, 1.807) is 0 Å². The molecule has 1 aromatic heterocycles. The van der Waals surface area contributed by atoms with Crippen LogP contribution in [0.15, 0.2) is 170 Å². The van der Waals surface area contributed by atoms with Crippen molar-refractivity contribution in [3.8, 4) is 45.0 Å². The van der Waals surface area contributed by atoms with Crippen molar-refractivity contribution in [3.05, 3.63) is 170 Å². The second-order valence-electron chi connectivity index (χ2n) is 11.8. The molecule has 46 heavy (non-hydrogen) atoms. The Hall–Kier alpha value is -6.12. The average Bonchev–Trinajstić information content (AvgIpc) is 3.13. The predicted molar refractivity (Wildman–Crippen MR) is 194 cm³/mol. The summed E-state index contributed by atoms with van der Waals surface area (Å²) in [6.45, 7) is 0. The maximum absolute atomic E-state index is 5.17. The lowest BCUT2D eigenvalue weighted by molar-refractivity contribution is 1.18. The molecular formula is C44H28N2. The Morgan fingerprint density at radius 2 is 0.913 bits per heavy atom. The van der Waals surface area contributed by atoms with Crippen LogP contribution in [0.3, 0.4) is 0 Å². The monoisotopic (exact) mass is 584 g/mol. The van der Waals surface area contributed by atoms with E-state index in [1.807, 2.05) is 18.2 Å². The minimum atomic E-state index is 0.718. The quantitative estimate of drug-likeness (QED) is 0.152. The fourth-order valence-electron chi connectivity index (χ4n) is 6.75. The molecule has 0 fully saturated rings. The zero-order chi connectivity index (χ0) is 30.5. The van der Waals surface area contributed by atoms with Gasteiger partial charge in [0, 0.05) is 16.7 Å². The summed E-state index contributed by atoms with van der Waals surface area (Å²) in [7, 11) is 0. The Balaban J connectivity index is 1.21. The van der Waals surface area contributed by atoms with Crippen LogP contribution in [0, 0.1) is 0 Å². The summed E-state index contributed by atoms with van der Waals surface area (Å²) in [4.78, 5) is 10.3.